The fourth-order valence-electron chi connectivity index (χ4n) is 1.84. The summed E-state index contributed by atoms with van der Waals surface area (Å²) in [7, 11) is 1.18. The van der Waals surface area contributed by atoms with Crippen molar-refractivity contribution < 1.29 is 24.4 Å². The highest BCUT2D eigenvalue weighted by atomic mass is 32.2. The highest BCUT2D eigenvalue weighted by Gasteiger charge is 2.20. The van der Waals surface area contributed by atoms with Crippen molar-refractivity contribution in [1.82, 2.24) is 0 Å². The Morgan fingerprint density at radius 2 is 1.87 bits per heavy atom. The van der Waals surface area contributed by atoms with E-state index in [1.165, 1.54) is 25.3 Å². The summed E-state index contributed by atoms with van der Waals surface area (Å²) in [6.07, 6.45) is 0. The summed E-state index contributed by atoms with van der Waals surface area (Å²) >= 11 is 0.951. The molecule has 2 aromatic carbocycles. The van der Waals surface area contributed by atoms with Gasteiger partial charge in [0.1, 0.15) is 0 Å². The van der Waals surface area contributed by atoms with Crippen LogP contribution in [0.25, 0.3) is 0 Å². The Bertz CT molecular complexity index is 789. The number of aromatic carboxylic acids is 1. The van der Waals surface area contributed by atoms with Crippen molar-refractivity contribution in [2.24, 2.45) is 0 Å². The number of nitrogens with zero attached hydrogens (tertiary/aromatic N) is 1. The number of nitro benzene ring substituents is 1. The lowest BCUT2D eigenvalue weighted by molar-refractivity contribution is -0.387. The molecule has 0 amide bonds. The molecule has 0 fully saturated rings. The van der Waals surface area contributed by atoms with E-state index in [1.54, 1.807) is 18.2 Å². The maximum Gasteiger partial charge on any atom is 0.338 e. The lowest BCUT2D eigenvalue weighted by Crippen LogP contribution is -2.03. The first-order chi connectivity index (χ1) is 10.9. The van der Waals surface area contributed by atoms with Gasteiger partial charge in [-0.15, -0.1) is 0 Å². The maximum absolute atomic E-state index is 11.5. The van der Waals surface area contributed by atoms with Crippen molar-refractivity contribution in [3.05, 3.63) is 63.7 Å². The lowest BCUT2D eigenvalue weighted by Gasteiger charge is -2.07. The zero-order valence-electron chi connectivity index (χ0n) is 11.9. The Morgan fingerprint density at radius 3 is 2.48 bits per heavy atom. The van der Waals surface area contributed by atoms with E-state index in [0.717, 1.165) is 17.8 Å². The zero-order chi connectivity index (χ0) is 17.0. The monoisotopic (exact) mass is 333 g/mol. The fourth-order valence-corrected chi connectivity index (χ4v) is 2.86. The predicted molar refractivity (Wildman–Crippen MR) is 82.0 cm³/mol. The van der Waals surface area contributed by atoms with Gasteiger partial charge in [0.25, 0.3) is 5.69 Å². The van der Waals surface area contributed by atoms with Crippen molar-refractivity contribution >= 4 is 29.4 Å². The van der Waals surface area contributed by atoms with Gasteiger partial charge in [-0.1, -0.05) is 23.9 Å². The molecule has 0 spiro atoms. The molecule has 0 aliphatic heterocycles. The quantitative estimate of drug-likeness (QED) is 0.508. The van der Waals surface area contributed by atoms with E-state index in [1.807, 2.05) is 0 Å². The summed E-state index contributed by atoms with van der Waals surface area (Å²) in [5.41, 5.74) is -0.197. The van der Waals surface area contributed by atoms with Gasteiger partial charge in [0.15, 0.2) is 0 Å². The number of ether oxygens (including phenoxy) is 1. The second-order valence-corrected chi connectivity index (χ2v) is 5.42. The zero-order valence-corrected chi connectivity index (χ0v) is 12.7. The molecule has 0 aliphatic rings. The standard InChI is InChI=1S/C15H11NO6S/c1-22-15(19)9-6-7-13(11(8-9)16(20)21)23-12-5-3-2-4-10(12)14(17)18/h2-8H,1H3,(H,17,18). The number of hydrogen-bond acceptors (Lipinski definition) is 6. The van der Waals surface area contributed by atoms with Crippen LogP contribution in [0.3, 0.4) is 0 Å². The van der Waals surface area contributed by atoms with Crippen LogP contribution in [0.1, 0.15) is 20.7 Å². The number of rotatable bonds is 5. The fraction of sp³-hybridized carbons (Fsp3) is 0.0667. The molecule has 0 bridgehead atoms. The van der Waals surface area contributed by atoms with Crippen LogP contribution in [0.15, 0.2) is 52.3 Å². The molecule has 8 heteroatoms. The first-order valence-corrected chi connectivity index (χ1v) is 7.12. The van der Waals surface area contributed by atoms with E-state index in [4.69, 9.17) is 5.11 Å². The van der Waals surface area contributed by atoms with Crippen LogP contribution in [-0.4, -0.2) is 29.1 Å². The molecule has 0 radical (unpaired) electrons. The number of carboxylic acids is 1. The minimum atomic E-state index is -1.12. The molecule has 0 saturated carbocycles. The van der Waals surface area contributed by atoms with Crippen molar-refractivity contribution in [2.75, 3.05) is 7.11 Å². The number of nitro groups is 1. The largest absolute Gasteiger partial charge is 0.478 e. The Labute approximate surface area is 135 Å². The molecule has 7 nitrogen and oxygen atoms in total. The first kappa shape index (κ1) is 16.5. The van der Waals surface area contributed by atoms with Crippen molar-refractivity contribution in [2.45, 2.75) is 9.79 Å². The van der Waals surface area contributed by atoms with Crippen LogP contribution >= 0.6 is 11.8 Å². The number of carbonyl (C=O) groups is 2. The normalized spacial score (nSPS) is 10.1. The number of hydrogen-bond donors (Lipinski definition) is 1. The molecule has 2 rings (SSSR count). The van der Waals surface area contributed by atoms with E-state index >= 15 is 0 Å². The Hall–Kier alpha value is -2.87. The molecule has 0 heterocycles. The van der Waals surface area contributed by atoms with Crippen LogP contribution in [0.4, 0.5) is 5.69 Å². The van der Waals surface area contributed by atoms with Gasteiger partial charge in [0, 0.05) is 11.0 Å². The van der Waals surface area contributed by atoms with Gasteiger partial charge < -0.3 is 9.84 Å². The molecule has 1 N–H and O–H groups in total. The van der Waals surface area contributed by atoms with Crippen LogP contribution < -0.4 is 0 Å². The molecule has 118 valence electrons. The van der Waals surface area contributed by atoms with Gasteiger partial charge in [0.05, 0.1) is 28.1 Å². The number of carbonyl (C=O) groups excluding carboxylic acids is 1. The summed E-state index contributed by atoms with van der Waals surface area (Å²) in [4.78, 5) is 33.9. The first-order valence-electron chi connectivity index (χ1n) is 6.31. The van der Waals surface area contributed by atoms with E-state index in [-0.39, 0.29) is 21.7 Å². The average molecular weight is 333 g/mol. The van der Waals surface area contributed by atoms with Crippen molar-refractivity contribution in [3.8, 4) is 0 Å². The third-order valence-electron chi connectivity index (χ3n) is 2.91. The van der Waals surface area contributed by atoms with Gasteiger partial charge in [-0.25, -0.2) is 9.59 Å². The van der Waals surface area contributed by atoms with Gasteiger partial charge >= 0.3 is 11.9 Å². The van der Waals surface area contributed by atoms with Crippen molar-refractivity contribution in [3.63, 3.8) is 0 Å². The van der Waals surface area contributed by atoms with E-state index in [0.29, 0.717) is 4.90 Å². The second-order valence-electron chi connectivity index (χ2n) is 4.33. The summed E-state index contributed by atoms with van der Waals surface area (Å²) in [5.74, 6) is -1.81. The van der Waals surface area contributed by atoms with Gasteiger partial charge in [0.2, 0.25) is 0 Å². The number of esters is 1. The van der Waals surface area contributed by atoms with Crippen molar-refractivity contribution in [1.29, 1.82) is 0 Å². The molecule has 0 aromatic heterocycles. The van der Waals surface area contributed by atoms with Gasteiger partial charge in [-0.3, -0.25) is 10.1 Å². The SMILES string of the molecule is COC(=O)c1ccc(Sc2ccccc2C(=O)O)c([N+](=O)[O-])c1. The van der Waals surface area contributed by atoms with Crippen LogP contribution in [-0.2, 0) is 4.74 Å². The minimum Gasteiger partial charge on any atom is -0.478 e. The minimum absolute atomic E-state index is 0.0452. The Balaban J connectivity index is 2.46. The predicted octanol–water partition coefficient (Wildman–Crippen LogP) is 3.23. The van der Waals surface area contributed by atoms with E-state index in [9.17, 15) is 19.7 Å². The van der Waals surface area contributed by atoms with Gasteiger partial charge in [-0.05, 0) is 24.3 Å². The van der Waals surface area contributed by atoms with Crippen LogP contribution in [0, 0.1) is 10.1 Å². The lowest BCUT2D eigenvalue weighted by atomic mass is 10.2. The smallest absolute Gasteiger partial charge is 0.338 e. The molecule has 0 unspecified atom stereocenters. The average Bonchev–Trinajstić information content (AvgIpc) is 2.54. The topological polar surface area (TPSA) is 107 Å². The van der Waals surface area contributed by atoms with E-state index < -0.39 is 16.9 Å². The molecule has 0 saturated heterocycles. The van der Waals surface area contributed by atoms with Crippen LogP contribution in [0.2, 0.25) is 0 Å². The molecule has 2 aromatic rings. The molecule has 0 aliphatic carbocycles. The Kier molecular flexibility index (Phi) is 4.97. The summed E-state index contributed by atoms with van der Waals surface area (Å²) in [6.45, 7) is 0. The summed E-state index contributed by atoms with van der Waals surface area (Å²) < 4.78 is 4.53. The number of methoxy groups -OCH3 is 1. The highest BCUT2D eigenvalue weighted by Crippen LogP contribution is 2.37. The molecular weight excluding hydrogens is 322 g/mol. The summed E-state index contributed by atoms with van der Waals surface area (Å²) in [6, 6.07) is 10.1. The highest BCUT2D eigenvalue weighted by molar-refractivity contribution is 7.99. The third kappa shape index (κ3) is 3.67. The van der Waals surface area contributed by atoms with Gasteiger partial charge in [-0.2, -0.15) is 0 Å². The molecular formula is C15H11NO6S. The number of carboxylic acid groups (broad SMARTS) is 1. The van der Waals surface area contributed by atoms with Crippen LogP contribution in [0.5, 0.6) is 0 Å². The Morgan fingerprint density at radius 1 is 1.17 bits per heavy atom. The van der Waals surface area contributed by atoms with E-state index in [2.05, 4.69) is 4.74 Å². The summed E-state index contributed by atoms with van der Waals surface area (Å²) in [5, 5.41) is 20.4. The number of benzene rings is 2. The molecule has 23 heavy (non-hydrogen) atoms. The second kappa shape index (κ2) is 6.93. The molecule has 0 atom stereocenters. The third-order valence-corrected chi connectivity index (χ3v) is 4.06. The maximum atomic E-state index is 11.5.